The molecule has 0 radical (unpaired) electrons. The Hall–Kier alpha value is -2.71. The van der Waals surface area contributed by atoms with Crippen molar-refractivity contribution < 1.29 is 17.6 Å². The highest BCUT2D eigenvalue weighted by Gasteiger charge is 2.24. The van der Waals surface area contributed by atoms with Gasteiger partial charge in [-0.15, -0.1) is 0 Å². The lowest BCUT2D eigenvalue weighted by Gasteiger charge is -2.20. The Morgan fingerprint density at radius 3 is 2.42 bits per heavy atom. The summed E-state index contributed by atoms with van der Waals surface area (Å²) in [5.74, 6) is -0.670. The van der Waals surface area contributed by atoms with Crippen LogP contribution in [0.4, 0.5) is 4.39 Å². The predicted molar refractivity (Wildman–Crippen MR) is 128 cm³/mol. The SMILES string of the molecule is CCN(CC)CCCC(C)NC(=O)Cn1cc(S(=O)(=O)c2ccc(F)cc2)c2ccccc21. The van der Waals surface area contributed by atoms with Gasteiger partial charge >= 0.3 is 0 Å². The van der Waals surface area contributed by atoms with Crippen LogP contribution < -0.4 is 5.32 Å². The van der Waals surface area contributed by atoms with Crippen LogP contribution in [0.3, 0.4) is 0 Å². The minimum Gasteiger partial charge on any atom is -0.352 e. The van der Waals surface area contributed by atoms with E-state index in [1.807, 2.05) is 6.92 Å². The number of halogens is 1. The number of nitrogens with one attached hydrogen (secondary N) is 1. The third-order valence-electron chi connectivity index (χ3n) is 5.89. The van der Waals surface area contributed by atoms with Crippen molar-refractivity contribution >= 4 is 26.6 Å². The Labute approximate surface area is 195 Å². The van der Waals surface area contributed by atoms with Crippen LogP contribution in [0.1, 0.15) is 33.6 Å². The Balaban J connectivity index is 1.75. The summed E-state index contributed by atoms with van der Waals surface area (Å²) in [6, 6.07) is 11.9. The van der Waals surface area contributed by atoms with E-state index in [0.29, 0.717) is 10.9 Å². The van der Waals surface area contributed by atoms with E-state index in [2.05, 4.69) is 24.1 Å². The number of nitrogens with zero attached hydrogens (tertiary/aromatic N) is 2. The first-order chi connectivity index (χ1) is 15.8. The highest BCUT2D eigenvalue weighted by molar-refractivity contribution is 7.91. The quantitative estimate of drug-likeness (QED) is 0.423. The maximum absolute atomic E-state index is 13.3. The number of amides is 1. The van der Waals surface area contributed by atoms with Gasteiger partial charge in [-0.25, -0.2) is 12.8 Å². The van der Waals surface area contributed by atoms with Gasteiger partial charge in [0.25, 0.3) is 0 Å². The number of sulfone groups is 1. The van der Waals surface area contributed by atoms with Crippen LogP contribution in [0.25, 0.3) is 10.9 Å². The fraction of sp³-hybridized carbons (Fsp3) is 0.400. The third kappa shape index (κ3) is 6.00. The molecule has 178 valence electrons. The van der Waals surface area contributed by atoms with Crippen molar-refractivity contribution in [2.45, 2.75) is 56.0 Å². The van der Waals surface area contributed by atoms with Crippen LogP contribution in [0.5, 0.6) is 0 Å². The summed E-state index contributed by atoms with van der Waals surface area (Å²) in [5, 5.41) is 3.55. The molecule has 1 unspecified atom stereocenters. The van der Waals surface area contributed by atoms with E-state index in [1.165, 1.54) is 18.3 Å². The van der Waals surface area contributed by atoms with Gasteiger partial charge in [-0.3, -0.25) is 4.79 Å². The summed E-state index contributed by atoms with van der Waals surface area (Å²) in [5.41, 5.74) is 0.655. The molecule has 2 aromatic carbocycles. The third-order valence-corrected chi connectivity index (χ3v) is 7.69. The van der Waals surface area contributed by atoms with Gasteiger partial charge in [0.1, 0.15) is 12.4 Å². The first-order valence-corrected chi connectivity index (χ1v) is 12.8. The highest BCUT2D eigenvalue weighted by atomic mass is 32.2. The van der Waals surface area contributed by atoms with Gasteiger partial charge in [-0.1, -0.05) is 32.0 Å². The molecule has 0 aliphatic rings. The number of aromatic nitrogens is 1. The fourth-order valence-corrected chi connectivity index (χ4v) is 5.48. The molecule has 6 nitrogen and oxygen atoms in total. The van der Waals surface area contributed by atoms with E-state index in [0.717, 1.165) is 44.6 Å². The Kier molecular flexibility index (Phi) is 8.26. The summed E-state index contributed by atoms with van der Waals surface area (Å²) < 4.78 is 41.4. The molecule has 0 aliphatic heterocycles. The second kappa shape index (κ2) is 10.9. The fourth-order valence-electron chi connectivity index (χ4n) is 4.01. The van der Waals surface area contributed by atoms with E-state index in [9.17, 15) is 17.6 Å². The van der Waals surface area contributed by atoms with Gasteiger partial charge in [0.2, 0.25) is 15.7 Å². The molecule has 8 heteroatoms. The number of rotatable bonds is 11. The highest BCUT2D eigenvalue weighted by Crippen LogP contribution is 2.30. The molecule has 0 saturated carbocycles. The second-order valence-corrected chi connectivity index (χ2v) is 10.2. The Morgan fingerprint density at radius 2 is 1.76 bits per heavy atom. The van der Waals surface area contributed by atoms with Crippen molar-refractivity contribution in [3.8, 4) is 0 Å². The zero-order valence-electron chi connectivity index (χ0n) is 19.4. The monoisotopic (exact) mass is 473 g/mol. The summed E-state index contributed by atoms with van der Waals surface area (Å²) in [6.07, 6.45) is 3.36. The summed E-state index contributed by atoms with van der Waals surface area (Å²) >= 11 is 0. The van der Waals surface area contributed by atoms with Crippen molar-refractivity contribution in [2.24, 2.45) is 0 Å². The number of benzene rings is 2. The molecule has 1 heterocycles. The van der Waals surface area contributed by atoms with Gasteiger partial charge in [0.05, 0.1) is 9.79 Å². The van der Waals surface area contributed by atoms with E-state index in [-0.39, 0.29) is 28.3 Å². The molecule has 3 rings (SSSR count). The molecule has 0 aliphatic carbocycles. The van der Waals surface area contributed by atoms with E-state index in [4.69, 9.17) is 0 Å². The number of carbonyl (C=O) groups is 1. The molecule has 0 fully saturated rings. The van der Waals surface area contributed by atoms with Crippen molar-refractivity contribution in [2.75, 3.05) is 19.6 Å². The van der Waals surface area contributed by atoms with Crippen LogP contribution in [0, 0.1) is 5.82 Å². The largest absolute Gasteiger partial charge is 0.352 e. The zero-order chi connectivity index (χ0) is 24.0. The number of fused-ring (bicyclic) bond motifs is 1. The zero-order valence-corrected chi connectivity index (χ0v) is 20.2. The first-order valence-electron chi connectivity index (χ1n) is 11.4. The van der Waals surface area contributed by atoms with Crippen molar-refractivity contribution in [1.82, 2.24) is 14.8 Å². The van der Waals surface area contributed by atoms with Crippen molar-refractivity contribution in [3.63, 3.8) is 0 Å². The standard InChI is InChI=1S/C25H32FN3O3S/c1-4-28(5-2)16-8-9-19(3)27-25(30)18-29-17-24(22-10-6-7-11-23(22)29)33(31,32)21-14-12-20(26)13-15-21/h6-7,10-15,17,19H,4-5,8-9,16,18H2,1-3H3,(H,27,30). The van der Waals surface area contributed by atoms with Crippen molar-refractivity contribution in [3.05, 3.63) is 60.5 Å². The summed E-state index contributed by atoms with van der Waals surface area (Å²) in [6.45, 7) is 9.31. The van der Waals surface area contributed by atoms with E-state index < -0.39 is 15.7 Å². The Bertz CT molecular complexity index is 1190. The molecular weight excluding hydrogens is 441 g/mol. The van der Waals surface area contributed by atoms with Crippen molar-refractivity contribution in [1.29, 1.82) is 0 Å². The normalized spacial score (nSPS) is 12.9. The number of carbonyl (C=O) groups excluding carboxylic acids is 1. The van der Waals surface area contributed by atoms with Crippen LogP contribution in [-0.4, -0.2) is 49.5 Å². The van der Waals surface area contributed by atoms with Gasteiger partial charge in [-0.2, -0.15) is 0 Å². The van der Waals surface area contributed by atoms with Gasteiger partial charge in [-0.05, 0) is 69.7 Å². The number of hydrogen-bond acceptors (Lipinski definition) is 4. The lowest BCUT2D eigenvalue weighted by molar-refractivity contribution is -0.122. The van der Waals surface area contributed by atoms with Crippen LogP contribution in [0.2, 0.25) is 0 Å². The van der Waals surface area contributed by atoms with Crippen LogP contribution >= 0.6 is 0 Å². The molecule has 0 saturated heterocycles. The second-order valence-electron chi connectivity index (χ2n) is 8.23. The molecule has 1 amide bonds. The average Bonchev–Trinajstić information content (AvgIpc) is 3.16. The first kappa shape index (κ1) is 24.9. The summed E-state index contributed by atoms with van der Waals surface area (Å²) in [7, 11) is -3.87. The molecule has 3 aromatic rings. The molecule has 1 atom stereocenters. The minimum atomic E-state index is -3.87. The van der Waals surface area contributed by atoms with Crippen LogP contribution in [-0.2, 0) is 21.2 Å². The molecule has 0 spiro atoms. The molecular formula is C25H32FN3O3S. The molecule has 33 heavy (non-hydrogen) atoms. The lowest BCUT2D eigenvalue weighted by Crippen LogP contribution is -2.35. The smallest absolute Gasteiger partial charge is 0.240 e. The van der Waals surface area contributed by atoms with E-state index in [1.54, 1.807) is 28.8 Å². The lowest BCUT2D eigenvalue weighted by atomic mass is 10.1. The predicted octanol–water partition coefficient (Wildman–Crippen LogP) is 4.24. The maximum atomic E-state index is 13.3. The summed E-state index contributed by atoms with van der Waals surface area (Å²) in [4.78, 5) is 15.2. The number of hydrogen-bond donors (Lipinski definition) is 1. The number of para-hydroxylation sites is 1. The van der Waals surface area contributed by atoms with E-state index >= 15 is 0 Å². The molecule has 1 aromatic heterocycles. The minimum absolute atomic E-state index is 0.0121. The van der Waals surface area contributed by atoms with Gasteiger partial charge in [0, 0.05) is 23.1 Å². The Morgan fingerprint density at radius 1 is 1.09 bits per heavy atom. The molecule has 1 N–H and O–H groups in total. The molecule has 0 bridgehead atoms. The topological polar surface area (TPSA) is 71.4 Å². The average molecular weight is 474 g/mol. The van der Waals surface area contributed by atoms with Crippen LogP contribution in [0.15, 0.2) is 64.5 Å². The maximum Gasteiger partial charge on any atom is 0.240 e. The van der Waals surface area contributed by atoms with Gasteiger partial charge in [0.15, 0.2) is 0 Å². The van der Waals surface area contributed by atoms with Gasteiger partial charge < -0.3 is 14.8 Å².